The fraction of sp³-hybridized carbons (Fsp3) is 0.750. The van der Waals surface area contributed by atoms with E-state index in [9.17, 15) is 9.59 Å². The van der Waals surface area contributed by atoms with Gasteiger partial charge in [-0.2, -0.15) is 0 Å². The molecule has 0 bridgehead atoms. The van der Waals surface area contributed by atoms with Crippen LogP contribution in [0.3, 0.4) is 0 Å². The van der Waals surface area contributed by atoms with Crippen LogP contribution >= 0.6 is 11.8 Å². The fourth-order valence-electron chi connectivity index (χ4n) is 1.33. The molecule has 0 radical (unpaired) electrons. The molecule has 2 aliphatic rings. The second-order valence-corrected chi connectivity index (χ2v) is 4.55. The lowest BCUT2D eigenvalue weighted by atomic mass is 10.3. The molecule has 0 spiro atoms. The lowest BCUT2D eigenvalue weighted by Gasteiger charge is -2.20. The molecule has 1 aliphatic heterocycles. The summed E-state index contributed by atoms with van der Waals surface area (Å²) in [7, 11) is 0. The topological polar surface area (TPSA) is 69.6 Å². The van der Waals surface area contributed by atoms with Gasteiger partial charge >= 0.3 is 12.0 Å². The molecule has 1 atom stereocenters. The Bertz CT molecular complexity index is 267. The molecule has 0 aromatic heterocycles. The van der Waals surface area contributed by atoms with Gasteiger partial charge in [-0.15, -0.1) is 11.8 Å². The van der Waals surface area contributed by atoms with Crippen LogP contribution in [0.1, 0.15) is 12.8 Å². The average molecular weight is 216 g/mol. The van der Waals surface area contributed by atoms with E-state index in [-0.39, 0.29) is 12.1 Å². The molecular formula is C8H12N2O3S. The molecule has 78 valence electrons. The van der Waals surface area contributed by atoms with Gasteiger partial charge in [-0.3, -0.25) is 0 Å². The van der Waals surface area contributed by atoms with Crippen molar-refractivity contribution < 1.29 is 14.7 Å². The number of urea groups is 1. The first-order valence-corrected chi connectivity index (χ1v) is 5.71. The molecule has 2 N–H and O–H groups in total. The molecule has 2 amide bonds. The number of hydrogen-bond acceptors (Lipinski definition) is 3. The lowest BCUT2D eigenvalue weighted by molar-refractivity contribution is -0.140. The highest BCUT2D eigenvalue weighted by molar-refractivity contribution is 7.99. The van der Waals surface area contributed by atoms with Gasteiger partial charge in [0.1, 0.15) is 6.04 Å². The third-order valence-corrected chi connectivity index (χ3v) is 3.35. The molecule has 0 unspecified atom stereocenters. The predicted octanol–water partition coefficient (Wildman–Crippen LogP) is 0.318. The molecule has 1 saturated carbocycles. The Morgan fingerprint density at radius 1 is 1.43 bits per heavy atom. The number of hydrogen-bond donors (Lipinski definition) is 2. The highest BCUT2D eigenvalue weighted by atomic mass is 32.2. The van der Waals surface area contributed by atoms with Crippen molar-refractivity contribution in [1.29, 1.82) is 0 Å². The number of carbonyl (C=O) groups excluding carboxylic acids is 1. The summed E-state index contributed by atoms with van der Waals surface area (Å²) >= 11 is 1.48. The Labute approximate surface area is 85.8 Å². The maximum Gasteiger partial charge on any atom is 0.327 e. The molecule has 6 heteroatoms. The first kappa shape index (κ1) is 9.64. The summed E-state index contributed by atoms with van der Waals surface area (Å²) in [5.41, 5.74) is 0. The molecule has 5 nitrogen and oxygen atoms in total. The molecule has 1 aliphatic carbocycles. The Hall–Kier alpha value is -0.910. The zero-order chi connectivity index (χ0) is 10.1. The quantitative estimate of drug-likeness (QED) is 0.697. The second-order valence-electron chi connectivity index (χ2n) is 3.55. The average Bonchev–Trinajstić information content (AvgIpc) is 2.81. The minimum Gasteiger partial charge on any atom is -0.480 e. The van der Waals surface area contributed by atoms with E-state index in [0.29, 0.717) is 11.6 Å². The molecule has 1 heterocycles. The van der Waals surface area contributed by atoms with Crippen LogP contribution in [0.5, 0.6) is 0 Å². The number of carboxylic acid groups (broad SMARTS) is 1. The van der Waals surface area contributed by atoms with Crippen LogP contribution in [-0.2, 0) is 4.79 Å². The Balaban J connectivity index is 1.93. The highest BCUT2D eigenvalue weighted by Gasteiger charge is 2.36. The van der Waals surface area contributed by atoms with Gasteiger partial charge in [0.15, 0.2) is 0 Å². The smallest absolute Gasteiger partial charge is 0.327 e. The monoisotopic (exact) mass is 216 g/mol. The van der Waals surface area contributed by atoms with Crippen LogP contribution in [0.25, 0.3) is 0 Å². The van der Waals surface area contributed by atoms with Crippen LogP contribution < -0.4 is 5.32 Å². The van der Waals surface area contributed by atoms with E-state index in [1.165, 1.54) is 16.7 Å². The number of nitrogens with zero attached hydrogens (tertiary/aromatic N) is 1. The summed E-state index contributed by atoms with van der Waals surface area (Å²) in [4.78, 5) is 23.7. The van der Waals surface area contributed by atoms with Gasteiger partial charge in [0.05, 0.1) is 5.88 Å². The van der Waals surface area contributed by atoms with Crippen molar-refractivity contribution in [2.24, 2.45) is 0 Å². The van der Waals surface area contributed by atoms with E-state index in [2.05, 4.69) is 5.32 Å². The largest absolute Gasteiger partial charge is 0.480 e. The van der Waals surface area contributed by atoms with Gasteiger partial charge in [-0.25, -0.2) is 9.59 Å². The molecule has 2 rings (SSSR count). The molecule has 2 fully saturated rings. The van der Waals surface area contributed by atoms with Crippen LogP contribution in [0, 0.1) is 0 Å². The normalized spacial score (nSPS) is 26.3. The summed E-state index contributed by atoms with van der Waals surface area (Å²) in [6, 6.07) is -0.605. The second kappa shape index (κ2) is 3.68. The van der Waals surface area contributed by atoms with Gasteiger partial charge in [0.2, 0.25) is 0 Å². The number of rotatable bonds is 2. The third-order valence-electron chi connectivity index (χ3n) is 2.33. The van der Waals surface area contributed by atoms with E-state index < -0.39 is 12.0 Å². The van der Waals surface area contributed by atoms with Crippen LogP contribution in [0.2, 0.25) is 0 Å². The van der Waals surface area contributed by atoms with Crippen LogP contribution in [-0.4, -0.2) is 45.7 Å². The summed E-state index contributed by atoms with van der Waals surface area (Å²) < 4.78 is 0. The number of carbonyl (C=O) groups is 2. The molecule has 14 heavy (non-hydrogen) atoms. The van der Waals surface area contributed by atoms with Crippen molar-refractivity contribution in [3.8, 4) is 0 Å². The zero-order valence-electron chi connectivity index (χ0n) is 7.60. The number of amides is 2. The summed E-state index contributed by atoms with van der Waals surface area (Å²) in [6.45, 7) is 0. The Morgan fingerprint density at radius 2 is 2.14 bits per heavy atom. The maximum absolute atomic E-state index is 11.5. The number of carboxylic acids is 1. The first-order valence-electron chi connectivity index (χ1n) is 4.56. The number of thioether (sulfide) groups is 1. The van der Waals surface area contributed by atoms with Crippen molar-refractivity contribution in [3.05, 3.63) is 0 Å². The summed E-state index contributed by atoms with van der Waals surface area (Å²) in [5, 5.41) is 11.6. The van der Waals surface area contributed by atoms with Crippen LogP contribution in [0.15, 0.2) is 0 Å². The number of aliphatic carboxylic acids is 1. The first-order chi connectivity index (χ1) is 6.68. The maximum atomic E-state index is 11.5. The summed E-state index contributed by atoms with van der Waals surface area (Å²) in [6.07, 6.45) is 2.04. The van der Waals surface area contributed by atoms with Crippen molar-refractivity contribution in [2.45, 2.75) is 24.9 Å². The Morgan fingerprint density at radius 3 is 2.71 bits per heavy atom. The van der Waals surface area contributed by atoms with Crippen molar-refractivity contribution in [2.75, 3.05) is 11.6 Å². The minimum atomic E-state index is -0.916. The zero-order valence-corrected chi connectivity index (χ0v) is 8.42. The van der Waals surface area contributed by atoms with Crippen molar-refractivity contribution in [3.63, 3.8) is 0 Å². The highest BCUT2D eigenvalue weighted by Crippen LogP contribution is 2.23. The van der Waals surface area contributed by atoms with Gasteiger partial charge in [0.25, 0.3) is 0 Å². The molecule has 1 saturated heterocycles. The number of nitrogens with one attached hydrogen (secondary N) is 1. The molecular weight excluding hydrogens is 204 g/mol. The Kier molecular flexibility index (Phi) is 2.54. The minimum absolute atomic E-state index is 0.232. The predicted molar refractivity (Wildman–Crippen MR) is 52.1 cm³/mol. The van der Waals surface area contributed by atoms with Gasteiger partial charge in [-0.05, 0) is 12.8 Å². The SMILES string of the molecule is O=C(O)[C@@H]1CSCN1C(=O)NC1CC1. The van der Waals surface area contributed by atoms with E-state index in [1.807, 2.05) is 0 Å². The standard InChI is InChI=1S/C8H12N2O3S/c11-7(12)6-3-14-4-10(6)8(13)9-5-1-2-5/h5-6H,1-4H2,(H,9,13)(H,11,12)/t6-/m0/s1. The van der Waals surface area contributed by atoms with Crippen molar-refractivity contribution >= 4 is 23.8 Å². The van der Waals surface area contributed by atoms with Crippen LogP contribution in [0.4, 0.5) is 4.79 Å². The lowest BCUT2D eigenvalue weighted by Crippen LogP contribution is -2.47. The van der Waals surface area contributed by atoms with Gasteiger partial charge in [0, 0.05) is 11.8 Å². The van der Waals surface area contributed by atoms with E-state index in [1.54, 1.807) is 0 Å². The van der Waals surface area contributed by atoms with Gasteiger partial charge < -0.3 is 15.3 Å². The summed E-state index contributed by atoms with van der Waals surface area (Å²) in [5.74, 6) is 0.0593. The van der Waals surface area contributed by atoms with E-state index in [4.69, 9.17) is 5.11 Å². The van der Waals surface area contributed by atoms with E-state index >= 15 is 0 Å². The fourth-order valence-corrected chi connectivity index (χ4v) is 2.48. The molecule has 0 aromatic carbocycles. The van der Waals surface area contributed by atoms with Gasteiger partial charge in [-0.1, -0.05) is 0 Å². The third kappa shape index (κ3) is 1.95. The van der Waals surface area contributed by atoms with E-state index in [0.717, 1.165) is 12.8 Å². The van der Waals surface area contributed by atoms with Crippen molar-refractivity contribution in [1.82, 2.24) is 10.2 Å². The molecule has 0 aromatic rings.